The molecular formula is C9H14O5. The van der Waals surface area contributed by atoms with E-state index < -0.39 is 6.10 Å². The molecule has 14 heavy (non-hydrogen) atoms. The summed E-state index contributed by atoms with van der Waals surface area (Å²) in [6.07, 6.45) is 0.435. The molecule has 0 aliphatic carbocycles. The lowest BCUT2D eigenvalue weighted by atomic mass is 10.1. The molecule has 0 radical (unpaired) electrons. The van der Waals surface area contributed by atoms with Crippen molar-refractivity contribution >= 4 is 11.9 Å². The Kier molecular flexibility index (Phi) is 3.88. The highest BCUT2D eigenvalue weighted by molar-refractivity contribution is 5.74. The number of ether oxygens (including phenoxy) is 3. The maximum Gasteiger partial charge on any atom is 0.334 e. The molecule has 1 fully saturated rings. The Morgan fingerprint density at radius 3 is 2.50 bits per heavy atom. The van der Waals surface area contributed by atoms with Crippen LogP contribution in [0.25, 0.3) is 0 Å². The minimum atomic E-state index is -0.508. The Bertz CT molecular complexity index is 217. The number of hydrogen-bond donors (Lipinski definition) is 0. The van der Waals surface area contributed by atoms with Gasteiger partial charge in [-0.25, -0.2) is 4.79 Å². The molecule has 0 bridgehead atoms. The van der Waals surface area contributed by atoms with Gasteiger partial charge in [0, 0.05) is 6.92 Å². The lowest BCUT2D eigenvalue weighted by Crippen LogP contribution is -2.37. The predicted molar refractivity (Wildman–Crippen MR) is 46.5 cm³/mol. The van der Waals surface area contributed by atoms with Gasteiger partial charge in [0.1, 0.15) is 6.10 Å². The molecule has 0 spiro atoms. The number of carbonyl (C=O) groups is 2. The summed E-state index contributed by atoms with van der Waals surface area (Å²) in [5.74, 6) is -0.693. The Hall–Kier alpha value is -1.10. The molecule has 2 atom stereocenters. The van der Waals surface area contributed by atoms with Crippen molar-refractivity contribution in [1.29, 1.82) is 0 Å². The van der Waals surface area contributed by atoms with Gasteiger partial charge < -0.3 is 14.2 Å². The summed E-state index contributed by atoms with van der Waals surface area (Å²) in [6, 6.07) is 0. The van der Waals surface area contributed by atoms with E-state index in [4.69, 9.17) is 9.47 Å². The first-order chi connectivity index (χ1) is 6.63. The van der Waals surface area contributed by atoms with Crippen LogP contribution in [0.3, 0.4) is 0 Å². The van der Waals surface area contributed by atoms with Crippen LogP contribution in [0, 0.1) is 0 Å². The first-order valence-electron chi connectivity index (χ1n) is 4.50. The van der Waals surface area contributed by atoms with Crippen LogP contribution in [0.15, 0.2) is 0 Å². The van der Waals surface area contributed by atoms with Gasteiger partial charge in [-0.2, -0.15) is 0 Å². The highest BCUT2D eigenvalue weighted by atomic mass is 16.6. The third-order valence-corrected chi connectivity index (χ3v) is 2.03. The molecule has 0 amide bonds. The van der Waals surface area contributed by atoms with Crippen LogP contribution < -0.4 is 0 Å². The Balaban J connectivity index is 2.31. The standard InChI is InChI=1S/C9H14O5/c1-6(10)14-7-3-4-8(13-5-7)9(11)12-2/h7-8H,3-5H2,1-2H3/t7-,8+/m1/s1. The maximum atomic E-state index is 11.0. The van der Waals surface area contributed by atoms with Crippen molar-refractivity contribution in [3.05, 3.63) is 0 Å². The van der Waals surface area contributed by atoms with Crippen LogP contribution in [0.5, 0.6) is 0 Å². The molecule has 1 aliphatic heterocycles. The van der Waals surface area contributed by atoms with Crippen molar-refractivity contribution < 1.29 is 23.8 Å². The average molecular weight is 202 g/mol. The van der Waals surface area contributed by atoms with E-state index in [2.05, 4.69) is 4.74 Å². The lowest BCUT2D eigenvalue weighted by Gasteiger charge is -2.26. The van der Waals surface area contributed by atoms with Crippen molar-refractivity contribution in [3.8, 4) is 0 Å². The van der Waals surface area contributed by atoms with Crippen molar-refractivity contribution in [2.75, 3.05) is 13.7 Å². The topological polar surface area (TPSA) is 61.8 Å². The van der Waals surface area contributed by atoms with E-state index in [1.165, 1.54) is 14.0 Å². The summed E-state index contributed by atoms with van der Waals surface area (Å²) in [5.41, 5.74) is 0. The number of hydrogen-bond acceptors (Lipinski definition) is 5. The molecule has 0 aromatic rings. The van der Waals surface area contributed by atoms with E-state index in [0.717, 1.165) is 0 Å². The van der Waals surface area contributed by atoms with Gasteiger partial charge in [0.25, 0.3) is 0 Å². The minimum absolute atomic E-state index is 0.228. The molecule has 5 nitrogen and oxygen atoms in total. The van der Waals surface area contributed by atoms with E-state index in [0.29, 0.717) is 12.8 Å². The van der Waals surface area contributed by atoms with Crippen LogP contribution in [-0.4, -0.2) is 37.9 Å². The minimum Gasteiger partial charge on any atom is -0.467 e. The second-order valence-electron chi connectivity index (χ2n) is 3.15. The van der Waals surface area contributed by atoms with Crippen molar-refractivity contribution in [1.82, 2.24) is 0 Å². The van der Waals surface area contributed by atoms with E-state index in [1.807, 2.05) is 0 Å². The SMILES string of the molecule is COC(=O)[C@@H]1CC[C@@H](OC(C)=O)CO1. The fourth-order valence-electron chi connectivity index (χ4n) is 1.37. The van der Waals surface area contributed by atoms with E-state index in [-0.39, 0.29) is 24.6 Å². The maximum absolute atomic E-state index is 11.0. The summed E-state index contributed by atoms with van der Waals surface area (Å²) in [6.45, 7) is 1.62. The first kappa shape index (κ1) is 11.0. The van der Waals surface area contributed by atoms with Gasteiger partial charge in [0.05, 0.1) is 13.7 Å². The second kappa shape index (κ2) is 4.95. The van der Waals surface area contributed by atoms with E-state index >= 15 is 0 Å². The monoisotopic (exact) mass is 202 g/mol. The zero-order chi connectivity index (χ0) is 10.6. The predicted octanol–water partition coefficient (Wildman–Crippen LogP) is 0.270. The lowest BCUT2D eigenvalue weighted by molar-refractivity contribution is -0.168. The van der Waals surface area contributed by atoms with Crippen LogP contribution in [-0.2, 0) is 23.8 Å². The van der Waals surface area contributed by atoms with E-state index in [1.54, 1.807) is 0 Å². The fraction of sp³-hybridized carbons (Fsp3) is 0.778. The summed E-state index contributed by atoms with van der Waals surface area (Å²) in [4.78, 5) is 21.7. The third kappa shape index (κ3) is 2.99. The molecule has 0 aromatic heterocycles. The number of rotatable bonds is 2. The molecule has 0 aromatic carbocycles. The summed E-state index contributed by atoms with van der Waals surface area (Å²) in [7, 11) is 1.32. The number of esters is 2. The van der Waals surface area contributed by atoms with Gasteiger partial charge in [0.15, 0.2) is 6.10 Å². The van der Waals surface area contributed by atoms with Gasteiger partial charge in [0.2, 0.25) is 0 Å². The summed E-state index contributed by atoms with van der Waals surface area (Å²) < 4.78 is 14.7. The molecule has 5 heteroatoms. The van der Waals surface area contributed by atoms with Crippen LogP contribution in [0.2, 0.25) is 0 Å². The van der Waals surface area contributed by atoms with Crippen LogP contribution >= 0.6 is 0 Å². The molecule has 1 aliphatic rings. The van der Waals surface area contributed by atoms with Crippen molar-refractivity contribution in [2.45, 2.75) is 32.0 Å². The van der Waals surface area contributed by atoms with Crippen LogP contribution in [0.1, 0.15) is 19.8 Å². The smallest absolute Gasteiger partial charge is 0.334 e. The molecular weight excluding hydrogens is 188 g/mol. The largest absolute Gasteiger partial charge is 0.467 e. The van der Waals surface area contributed by atoms with Crippen molar-refractivity contribution in [3.63, 3.8) is 0 Å². The van der Waals surface area contributed by atoms with Gasteiger partial charge in [-0.15, -0.1) is 0 Å². The van der Waals surface area contributed by atoms with Crippen LogP contribution in [0.4, 0.5) is 0 Å². The van der Waals surface area contributed by atoms with Crippen molar-refractivity contribution in [2.24, 2.45) is 0 Å². The number of methoxy groups -OCH3 is 1. The molecule has 1 saturated heterocycles. The second-order valence-corrected chi connectivity index (χ2v) is 3.15. The molecule has 80 valence electrons. The molecule has 0 saturated carbocycles. The Labute approximate surface area is 82.3 Å². The van der Waals surface area contributed by atoms with Gasteiger partial charge in [-0.05, 0) is 12.8 Å². The molecule has 0 N–H and O–H groups in total. The zero-order valence-electron chi connectivity index (χ0n) is 8.32. The molecule has 1 heterocycles. The Morgan fingerprint density at radius 2 is 2.07 bits per heavy atom. The third-order valence-electron chi connectivity index (χ3n) is 2.03. The highest BCUT2D eigenvalue weighted by Crippen LogP contribution is 2.17. The van der Waals surface area contributed by atoms with Gasteiger partial charge in [-0.3, -0.25) is 4.79 Å². The number of carbonyl (C=O) groups excluding carboxylic acids is 2. The quantitative estimate of drug-likeness (QED) is 0.601. The highest BCUT2D eigenvalue weighted by Gasteiger charge is 2.28. The fourth-order valence-corrected chi connectivity index (χ4v) is 1.37. The Morgan fingerprint density at radius 1 is 1.36 bits per heavy atom. The summed E-state index contributed by atoms with van der Waals surface area (Å²) >= 11 is 0. The summed E-state index contributed by atoms with van der Waals surface area (Å²) in [5, 5.41) is 0. The average Bonchev–Trinajstić information content (AvgIpc) is 2.17. The molecule has 1 rings (SSSR count). The zero-order valence-corrected chi connectivity index (χ0v) is 8.32. The van der Waals surface area contributed by atoms with Gasteiger partial charge in [-0.1, -0.05) is 0 Å². The molecule has 0 unspecified atom stereocenters. The van der Waals surface area contributed by atoms with Gasteiger partial charge >= 0.3 is 11.9 Å². The first-order valence-corrected chi connectivity index (χ1v) is 4.50. The normalized spacial score (nSPS) is 26.7. The van der Waals surface area contributed by atoms with E-state index in [9.17, 15) is 9.59 Å².